The van der Waals surface area contributed by atoms with Gasteiger partial charge >= 0.3 is 0 Å². The number of nitrogens with one attached hydrogen (secondary N) is 1. The van der Waals surface area contributed by atoms with Gasteiger partial charge in [0.15, 0.2) is 0 Å². The van der Waals surface area contributed by atoms with E-state index in [4.69, 9.17) is 4.74 Å². The van der Waals surface area contributed by atoms with E-state index in [1.165, 1.54) is 0 Å². The van der Waals surface area contributed by atoms with Gasteiger partial charge in [0.2, 0.25) is 5.91 Å². The third kappa shape index (κ3) is 4.54. The highest BCUT2D eigenvalue weighted by molar-refractivity contribution is 5.82. The number of carbonyl (C=O) groups excluding carboxylic acids is 1. The van der Waals surface area contributed by atoms with Crippen LogP contribution in [0.25, 0.3) is 11.3 Å². The highest BCUT2D eigenvalue weighted by Crippen LogP contribution is 2.26. The van der Waals surface area contributed by atoms with E-state index in [2.05, 4.69) is 20.2 Å². The fourth-order valence-corrected chi connectivity index (χ4v) is 3.42. The van der Waals surface area contributed by atoms with E-state index in [1.54, 1.807) is 13.4 Å². The molecule has 3 aromatic rings. The summed E-state index contributed by atoms with van der Waals surface area (Å²) in [5.74, 6) is 1.79. The molecule has 1 N–H and O–H groups in total. The Bertz CT molecular complexity index is 971. The van der Waals surface area contributed by atoms with Crippen LogP contribution in [0.3, 0.4) is 0 Å². The highest BCUT2D eigenvalue weighted by Gasteiger charge is 2.33. The largest absolute Gasteiger partial charge is 0.497 e. The lowest BCUT2D eigenvalue weighted by atomic mass is 9.99. The summed E-state index contributed by atoms with van der Waals surface area (Å²) in [6.07, 6.45) is 2.37. The van der Waals surface area contributed by atoms with Crippen molar-refractivity contribution in [2.75, 3.05) is 31.6 Å². The summed E-state index contributed by atoms with van der Waals surface area (Å²) in [6.45, 7) is 1.97. The molecule has 0 bridgehead atoms. The third-order valence-corrected chi connectivity index (χ3v) is 5.15. The number of nitrogens with zero attached hydrogens (tertiary/aromatic N) is 3. The Kier molecular flexibility index (Phi) is 5.70. The minimum atomic E-state index is -0.00421. The van der Waals surface area contributed by atoms with Crippen molar-refractivity contribution in [1.29, 1.82) is 0 Å². The summed E-state index contributed by atoms with van der Waals surface area (Å²) >= 11 is 0. The van der Waals surface area contributed by atoms with Crippen LogP contribution in [-0.4, -0.2) is 42.6 Å². The van der Waals surface area contributed by atoms with E-state index in [0.717, 1.165) is 34.8 Å². The molecule has 1 aliphatic rings. The second-order valence-electron chi connectivity index (χ2n) is 7.12. The number of hydrogen-bond donors (Lipinski definition) is 1. The lowest BCUT2D eigenvalue weighted by Crippen LogP contribution is -2.54. The molecule has 1 aliphatic heterocycles. The molecule has 29 heavy (non-hydrogen) atoms. The number of anilines is 1. The quantitative estimate of drug-likeness (QED) is 0.674. The molecule has 6 heteroatoms. The van der Waals surface area contributed by atoms with Crippen LogP contribution < -0.4 is 15.0 Å². The van der Waals surface area contributed by atoms with Gasteiger partial charge in [0.1, 0.15) is 17.9 Å². The normalized spacial score (nSPS) is 13.6. The second-order valence-corrected chi connectivity index (χ2v) is 7.12. The van der Waals surface area contributed by atoms with Crippen LogP contribution in [0.4, 0.5) is 5.82 Å². The maximum atomic E-state index is 12.4. The van der Waals surface area contributed by atoms with E-state index in [-0.39, 0.29) is 11.8 Å². The number of hydrogen-bond acceptors (Lipinski definition) is 5. The van der Waals surface area contributed by atoms with Gasteiger partial charge in [0.25, 0.3) is 0 Å². The summed E-state index contributed by atoms with van der Waals surface area (Å²) in [7, 11) is 1.66. The van der Waals surface area contributed by atoms with Crippen molar-refractivity contribution >= 4 is 11.7 Å². The van der Waals surface area contributed by atoms with Crippen molar-refractivity contribution in [3.8, 4) is 17.0 Å². The van der Waals surface area contributed by atoms with Gasteiger partial charge in [-0.3, -0.25) is 4.79 Å². The molecule has 1 amide bonds. The molecule has 0 atom stereocenters. The summed E-state index contributed by atoms with van der Waals surface area (Å²) in [5.41, 5.74) is 3.10. The first-order valence-electron chi connectivity index (χ1n) is 9.76. The zero-order valence-corrected chi connectivity index (χ0v) is 16.4. The number of rotatable bonds is 7. The van der Waals surface area contributed by atoms with Gasteiger partial charge in [-0.15, -0.1) is 0 Å². The van der Waals surface area contributed by atoms with E-state index >= 15 is 0 Å². The SMILES string of the molecule is COc1cccc(CCNC(=O)C2CN(c3cc(-c4ccccc4)ncn3)C2)c1. The van der Waals surface area contributed by atoms with E-state index in [1.807, 2.05) is 60.7 Å². The zero-order valence-electron chi connectivity index (χ0n) is 16.4. The molecule has 1 aromatic heterocycles. The average molecular weight is 388 g/mol. The summed E-state index contributed by atoms with van der Waals surface area (Å²) in [4.78, 5) is 23.3. The van der Waals surface area contributed by atoms with Crippen LogP contribution in [-0.2, 0) is 11.2 Å². The lowest BCUT2D eigenvalue weighted by Gasteiger charge is -2.39. The molecule has 0 unspecified atom stereocenters. The molecule has 0 spiro atoms. The van der Waals surface area contributed by atoms with E-state index in [9.17, 15) is 4.79 Å². The summed E-state index contributed by atoms with van der Waals surface area (Å²) in [6, 6.07) is 19.9. The second kappa shape index (κ2) is 8.73. The van der Waals surface area contributed by atoms with Crippen LogP contribution >= 0.6 is 0 Å². The minimum absolute atomic E-state index is 0.00421. The molecule has 1 fully saturated rings. The topological polar surface area (TPSA) is 67.3 Å². The maximum absolute atomic E-state index is 12.4. The third-order valence-electron chi connectivity index (χ3n) is 5.15. The fourth-order valence-electron chi connectivity index (χ4n) is 3.42. The summed E-state index contributed by atoms with van der Waals surface area (Å²) < 4.78 is 5.23. The molecular formula is C23H24N4O2. The van der Waals surface area contributed by atoms with Gasteiger partial charge < -0.3 is 15.0 Å². The van der Waals surface area contributed by atoms with Gasteiger partial charge in [-0.05, 0) is 24.1 Å². The van der Waals surface area contributed by atoms with Crippen molar-refractivity contribution in [3.63, 3.8) is 0 Å². The minimum Gasteiger partial charge on any atom is -0.497 e. The molecule has 148 valence electrons. The fraction of sp³-hybridized carbons (Fsp3) is 0.261. The van der Waals surface area contributed by atoms with Gasteiger partial charge in [0.05, 0.1) is 18.7 Å². The monoisotopic (exact) mass is 388 g/mol. The van der Waals surface area contributed by atoms with Crippen molar-refractivity contribution in [2.45, 2.75) is 6.42 Å². The van der Waals surface area contributed by atoms with Crippen LogP contribution in [0.2, 0.25) is 0 Å². The number of aromatic nitrogens is 2. The zero-order chi connectivity index (χ0) is 20.1. The average Bonchev–Trinajstić information content (AvgIpc) is 2.74. The first kappa shape index (κ1) is 18.9. The Labute approximate surface area is 170 Å². The predicted molar refractivity (Wildman–Crippen MR) is 113 cm³/mol. The summed E-state index contributed by atoms with van der Waals surface area (Å²) in [5, 5.41) is 3.04. The molecule has 6 nitrogen and oxygen atoms in total. The molecule has 0 radical (unpaired) electrons. The van der Waals surface area contributed by atoms with Crippen LogP contribution in [0.15, 0.2) is 67.0 Å². The van der Waals surface area contributed by atoms with Gasteiger partial charge in [-0.1, -0.05) is 42.5 Å². The van der Waals surface area contributed by atoms with Crippen LogP contribution in [0.5, 0.6) is 5.75 Å². The van der Waals surface area contributed by atoms with E-state index < -0.39 is 0 Å². The van der Waals surface area contributed by atoms with Gasteiger partial charge in [-0.25, -0.2) is 9.97 Å². The highest BCUT2D eigenvalue weighted by atomic mass is 16.5. The van der Waals surface area contributed by atoms with Gasteiger partial charge in [-0.2, -0.15) is 0 Å². The number of benzene rings is 2. The van der Waals surface area contributed by atoms with Gasteiger partial charge in [0, 0.05) is 31.3 Å². The molecule has 2 aromatic carbocycles. The van der Waals surface area contributed by atoms with Crippen molar-refractivity contribution in [2.24, 2.45) is 5.92 Å². The lowest BCUT2D eigenvalue weighted by molar-refractivity contribution is -0.125. The first-order chi connectivity index (χ1) is 14.2. The van der Waals surface area contributed by atoms with Crippen LogP contribution in [0, 0.1) is 5.92 Å². The molecule has 0 aliphatic carbocycles. The van der Waals surface area contributed by atoms with E-state index in [0.29, 0.717) is 19.6 Å². The van der Waals surface area contributed by atoms with Crippen molar-refractivity contribution in [3.05, 3.63) is 72.6 Å². The number of amides is 1. The molecule has 2 heterocycles. The van der Waals surface area contributed by atoms with Crippen LogP contribution in [0.1, 0.15) is 5.56 Å². The predicted octanol–water partition coefficient (Wildman–Crippen LogP) is 2.95. The maximum Gasteiger partial charge on any atom is 0.226 e. The Morgan fingerprint density at radius 1 is 1.10 bits per heavy atom. The first-order valence-corrected chi connectivity index (χ1v) is 9.76. The Hall–Kier alpha value is -3.41. The van der Waals surface area contributed by atoms with Crippen molar-refractivity contribution < 1.29 is 9.53 Å². The Morgan fingerprint density at radius 3 is 2.72 bits per heavy atom. The molecular weight excluding hydrogens is 364 g/mol. The number of carbonyl (C=O) groups is 1. The number of ether oxygens (including phenoxy) is 1. The smallest absolute Gasteiger partial charge is 0.226 e. The molecule has 4 rings (SSSR count). The number of methoxy groups -OCH3 is 1. The standard InChI is InChI=1S/C23H24N4O2/c1-29-20-9-5-6-17(12-20)10-11-24-23(28)19-14-27(15-19)22-13-21(25-16-26-22)18-7-3-2-4-8-18/h2-9,12-13,16,19H,10-11,14-15H2,1H3,(H,24,28). The Balaban J connectivity index is 1.27. The van der Waals surface area contributed by atoms with Crippen molar-refractivity contribution in [1.82, 2.24) is 15.3 Å². The Morgan fingerprint density at radius 2 is 1.93 bits per heavy atom. The molecule has 0 saturated carbocycles. The molecule has 1 saturated heterocycles.